The fourth-order valence-electron chi connectivity index (χ4n) is 3.43. The minimum absolute atomic E-state index is 0.0516. The van der Waals surface area contributed by atoms with E-state index in [0.717, 1.165) is 18.4 Å². The van der Waals surface area contributed by atoms with Crippen LogP contribution in [0, 0.1) is 11.7 Å². The molecule has 1 aliphatic heterocycles. The van der Waals surface area contributed by atoms with Crippen LogP contribution in [-0.4, -0.2) is 40.8 Å². The van der Waals surface area contributed by atoms with E-state index in [-0.39, 0.29) is 23.7 Å². The molecule has 7 heteroatoms. The van der Waals surface area contributed by atoms with E-state index in [9.17, 15) is 14.0 Å². The number of carbonyl (C=O) groups excluding carboxylic acids is 2. The fraction of sp³-hybridized carbons (Fsp3) is 0.435. The van der Waals surface area contributed by atoms with Crippen LogP contribution in [0.25, 0.3) is 0 Å². The highest BCUT2D eigenvalue weighted by Gasteiger charge is 2.25. The summed E-state index contributed by atoms with van der Waals surface area (Å²) in [4.78, 5) is 31.3. The van der Waals surface area contributed by atoms with Gasteiger partial charge in [-0.2, -0.15) is 0 Å². The van der Waals surface area contributed by atoms with Crippen LogP contribution < -0.4 is 5.32 Å². The number of pyridine rings is 1. The molecule has 0 aliphatic carbocycles. The molecule has 1 aliphatic rings. The zero-order chi connectivity index (χ0) is 21.5. The van der Waals surface area contributed by atoms with Gasteiger partial charge in [-0.3, -0.25) is 9.59 Å². The van der Waals surface area contributed by atoms with Crippen molar-refractivity contribution >= 4 is 23.6 Å². The molecule has 2 amide bonds. The largest absolute Gasteiger partial charge is 0.349 e. The lowest BCUT2D eigenvalue weighted by atomic mass is 10.0. The first kappa shape index (κ1) is 22.3. The Labute approximate surface area is 181 Å². The molecule has 1 fully saturated rings. The maximum atomic E-state index is 13.1. The van der Waals surface area contributed by atoms with Gasteiger partial charge in [0.05, 0.1) is 5.56 Å². The van der Waals surface area contributed by atoms with Crippen LogP contribution in [0.15, 0.2) is 47.6 Å². The van der Waals surface area contributed by atoms with Crippen LogP contribution in [0.5, 0.6) is 0 Å². The Morgan fingerprint density at radius 3 is 2.57 bits per heavy atom. The molecule has 5 nitrogen and oxygen atoms in total. The van der Waals surface area contributed by atoms with Crippen molar-refractivity contribution in [3.8, 4) is 0 Å². The summed E-state index contributed by atoms with van der Waals surface area (Å²) in [6.07, 6.45) is 3.76. The number of nitrogens with one attached hydrogen (secondary N) is 1. The van der Waals surface area contributed by atoms with Crippen LogP contribution in [0.1, 0.15) is 49.0 Å². The summed E-state index contributed by atoms with van der Waals surface area (Å²) >= 11 is 1.46. The molecule has 1 N–H and O–H groups in total. The highest BCUT2D eigenvalue weighted by atomic mass is 32.2. The van der Waals surface area contributed by atoms with Crippen molar-refractivity contribution < 1.29 is 14.0 Å². The first-order valence-electron chi connectivity index (χ1n) is 10.3. The minimum atomic E-state index is -0.265. The Hall–Kier alpha value is -2.41. The topological polar surface area (TPSA) is 62.3 Å². The lowest BCUT2D eigenvalue weighted by Gasteiger charge is -2.33. The number of hydrogen-bond donors (Lipinski definition) is 1. The summed E-state index contributed by atoms with van der Waals surface area (Å²) in [5, 5.41) is 3.76. The summed E-state index contributed by atoms with van der Waals surface area (Å²) in [6.45, 7) is 5.44. The van der Waals surface area contributed by atoms with Crippen LogP contribution in [0.2, 0.25) is 0 Å². The van der Waals surface area contributed by atoms with Crippen molar-refractivity contribution in [2.75, 3.05) is 13.1 Å². The lowest BCUT2D eigenvalue weighted by Crippen LogP contribution is -2.46. The second-order valence-corrected chi connectivity index (χ2v) is 8.96. The third-order valence-corrected chi connectivity index (χ3v) is 6.15. The van der Waals surface area contributed by atoms with Gasteiger partial charge in [0.15, 0.2) is 0 Å². The molecule has 0 unspecified atom stereocenters. The summed E-state index contributed by atoms with van der Waals surface area (Å²) in [5.74, 6) is 0.747. The van der Waals surface area contributed by atoms with Gasteiger partial charge < -0.3 is 10.2 Å². The van der Waals surface area contributed by atoms with Crippen LogP contribution in [-0.2, 0) is 10.5 Å². The third kappa shape index (κ3) is 6.29. The van der Waals surface area contributed by atoms with Crippen molar-refractivity contribution in [2.24, 2.45) is 5.92 Å². The molecule has 160 valence electrons. The standard InChI is InChI=1S/C23H28FN3O2S/c1-16(2)14-21(28)27-12-9-19(10-13-27)26-22(29)20-4-3-11-25-23(20)30-15-17-5-7-18(24)8-6-17/h3-8,11,16,19H,9-10,12-15H2,1-2H3,(H,26,29). The summed E-state index contributed by atoms with van der Waals surface area (Å²) in [7, 11) is 0. The molecule has 2 heterocycles. The molecule has 0 bridgehead atoms. The predicted octanol–water partition coefficient (Wildman–Crippen LogP) is 4.28. The lowest BCUT2D eigenvalue weighted by molar-refractivity contribution is -0.133. The number of thioether (sulfide) groups is 1. The van der Waals surface area contributed by atoms with E-state index < -0.39 is 0 Å². The number of likely N-dealkylation sites (tertiary alicyclic amines) is 1. The van der Waals surface area contributed by atoms with Crippen molar-refractivity contribution in [1.29, 1.82) is 0 Å². The Bertz CT molecular complexity index is 865. The molecule has 30 heavy (non-hydrogen) atoms. The number of nitrogens with zero attached hydrogens (tertiary/aromatic N) is 2. The Kier molecular flexibility index (Phi) is 7.85. The molecule has 1 saturated heterocycles. The monoisotopic (exact) mass is 429 g/mol. The van der Waals surface area contributed by atoms with Crippen LogP contribution >= 0.6 is 11.8 Å². The molecule has 0 saturated carbocycles. The highest BCUT2D eigenvalue weighted by Crippen LogP contribution is 2.25. The van der Waals surface area contributed by atoms with Crippen molar-refractivity contribution in [1.82, 2.24) is 15.2 Å². The number of benzene rings is 1. The van der Waals surface area contributed by atoms with E-state index in [1.165, 1.54) is 23.9 Å². The Balaban J connectivity index is 1.55. The average molecular weight is 430 g/mol. The normalized spacial score (nSPS) is 14.7. The van der Waals surface area contributed by atoms with Gasteiger partial charge in [0.25, 0.3) is 5.91 Å². The molecule has 0 radical (unpaired) electrons. The molecule has 0 atom stereocenters. The van der Waals surface area contributed by atoms with E-state index in [1.807, 2.05) is 18.7 Å². The number of carbonyl (C=O) groups is 2. The summed E-state index contributed by atoms with van der Waals surface area (Å²) < 4.78 is 13.1. The predicted molar refractivity (Wildman–Crippen MR) is 117 cm³/mol. The van der Waals surface area contributed by atoms with E-state index in [4.69, 9.17) is 0 Å². The average Bonchev–Trinajstić information content (AvgIpc) is 2.73. The second-order valence-electron chi connectivity index (χ2n) is 8.00. The first-order chi connectivity index (χ1) is 14.4. The molecule has 1 aromatic carbocycles. The zero-order valence-electron chi connectivity index (χ0n) is 17.4. The van der Waals surface area contributed by atoms with E-state index >= 15 is 0 Å². The SMILES string of the molecule is CC(C)CC(=O)N1CCC(NC(=O)c2cccnc2SCc2ccc(F)cc2)CC1. The van der Waals surface area contributed by atoms with Crippen molar-refractivity contribution in [3.63, 3.8) is 0 Å². The van der Waals surface area contributed by atoms with Gasteiger partial charge in [-0.05, 0) is 48.6 Å². The number of halogens is 1. The number of rotatable bonds is 7. The number of hydrogen-bond acceptors (Lipinski definition) is 4. The van der Waals surface area contributed by atoms with Gasteiger partial charge in [0.1, 0.15) is 10.8 Å². The molecular formula is C23H28FN3O2S. The molecular weight excluding hydrogens is 401 g/mol. The summed E-state index contributed by atoms with van der Waals surface area (Å²) in [6, 6.07) is 9.91. The van der Waals surface area contributed by atoms with Crippen LogP contribution in [0.4, 0.5) is 4.39 Å². The minimum Gasteiger partial charge on any atom is -0.349 e. The summed E-state index contributed by atoms with van der Waals surface area (Å²) in [5.41, 5.74) is 1.51. The zero-order valence-corrected chi connectivity index (χ0v) is 18.3. The van der Waals surface area contributed by atoms with Gasteiger partial charge in [0, 0.05) is 37.5 Å². The molecule has 3 rings (SSSR count). The maximum Gasteiger partial charge on any atom is 0.254 e. The van der Waals surface area contributed by atoms with E-state index in [2.05, 4.69) is 10.3 Å². The number of amides is 2. The van der Waals surface area contributed by atoms with Gasteiger partial charge in [-0.15, -0.1) is 11.8 Å². The fourth-order valence-corrected chi connectivity index (χ4v) is 4.37. The Morgan fingerprint density at radius 2 is 1.90 bits per heavy atom. The molecule has 1 aromatic heterocycles. The number of piperidine rings is 1. The van der Waals surface area contributed by atoms with Crippen molar-refractivity contribution in [3.05, 3.63) is 59.5 Å². The maximum absolute atomic E-state index is 13.1. The quantitative estimate of drug-likeness (QED) is 0.668. The van der Waals surface area contributed by atoms with Gasteiger partial charge in [0.2, 0.25) is 5.91 Å². The third-order valence-electron chi connectivity index (χ3n) is 5.07. The Morgan fingerprint density at radius 1 is 1.20 bits per heavy atom. The number of aromatic nitrogens is 1. The highest BCUT2D eigenvalue weighted by molar-refractivity contribution is 7.98. The molecule has 0 spiro atoms. The molecule has 2 aromatic rings. The van der Waals surface area contributed by atoms with Gasteiger partial charge in [-0.1, -0.05) is 26.0 Å². The van der Waals surface area contributed by atoms with E-state index in [1.54, 1.807) is 30.5 Å². The van der Waals surface area contributed by atoms with Gasteiger partial charge >= 0.3 is 0 Å². The first-order valence-corrected chi connectivity index (χ1v) is 11.3. The van der Waals surface area contributed by atoms with E-state index in [0.29, 0.717) is 41.8 Å². The smallest absolute Gasteiger partial charge is 0.254 e. The van der Waals surface area contributed by atoms with Crippen molar-refractivity contribution in [2.45, 2.75) is 49.9 Å². The van der Waals surface area contributed by atoms with Crippen LogP contribution in [0.3, 0.4) is 0 Å². The van der Waals surface area contributed by atoms with Gasteiger partial charge in [-0.25, -0.2) is 9.37 Å². The second kappa shape index (κ2) is 10.6.